The smallest absolute Gasteiger partial charge is 0.221 e. The van der Waals surface area contributed by atoms with E-state index in [2.05, 4.69) is 10.3 Å². The molecular weight excluding hydrogens is 238 g/mol. The van der Waals surface area contributed by atoms with Crippen molar-refractivity contribution in [3.05, 3.63) is 48.0 Å². The number of aromatic nitrogens is 1. The van der Waals surface area contributed by atoms with E-state index in [-0.39, 0.29) is 11.6 Å². The van der Waals surface area contributed by atoms with Crippen LogP contribution in [0.15, 0.2) is 36.4 Å². The van der Waals surface area contributed by atoms with E-state index in [0.29, 0.717) is 5.82 Å². The van der Waals surface area contributed by atoms with Crippen molar-refractivity contribution in [2.75, 3.05) is 11.9 Å². The van der Waals surface area contributed by atoms with Gasteiger partial charge in [-0.2, -0.15) is 4.98 Å². The molecule has 1 aromatic heterocycles. The number of rotatable bonds is 4. The number of pyridine rings is 1. The fourth-order valence-electron chi connectivity index (χ4n) is 1.42. The Labute approximate surface area is 103 Å². The molecule has 0 aliphatic heterocycles. The predicted octanol–water partition coefficient (Wildman–Crippen LogP) is 3.58. The highest BCUT2D eigenvalue weighted by Crippen LogP contribution is 2.24. The predicted molar refractivity (Wildman–Crippen MR) is 64.8 cm³/mol. The molecule has 0 bridgehead atoms. The Balaban J connectivity index is 2.20. The number of nitrogens with zero attached hydrogens (tertiary/aromatic N) is 1. The third-order valence-electron chi connectivity index (χ3n) is 2.19. The van der Waals surface area contributed by atoms with Gasteiger partial charge in [0.15, 0.2) is 11.6 Å². The van der Waals surface area contributed by atoms with Gasteiger partial charge in [0.2, 0.25) is 5.88 Å². The molecular formula is C13H12F2N2O. The van der Waals surface area contributed by atoms with Crippen LogP contribution in [0.5, 0.6) is 11.6 Å². The van der Waals surface area contributed by atoms with Crippen molar-refractivity contribution in [1.82, 2.24) is 4.98 Å². The van der Waals surface area contributed by atoms with Crippen molar-refractivity contribution in [2.24, 2.45) is 0 Å². The number of halogens is 2. The minimum absolute atomic E-state index is 0.0578. The van der Waals surface area contributed by atoms with Gasteiger partial charge < -0.3 is 10.1 Å². The molecule has 3 nitrogen and oxygen atoms in total. The molecule has 0 saturated carbocycles. The first-order valence-corrected chi connectivity index (χ1v) is 5.53. The summed E-state index contributed by atoms with van der Waals surface area (Å²) in [6, 6.07) is 8.24. The Morgan fingerprint density at radius 2 is 2.06 bits per heavy atom. The van der Waals surface area contributed by atoms with E-state index in [9.17, 15) is 8.78 Å². The van der Waals surface area contributed by atoms with Crippen LogP contribution in [-0.2, 0) is 0 Å². The largest absolute Gasteiger partial charge is 0.436 e. The van der Waals surface area contributed by atoms with Gasteiger partial charge in [0.1, 0.15) is 11.6 Å². The lowest BCUT2D eigenvalue weighted by atomic mass is 10.3. The minimum atomic E-state index is -0.759. The van der Waals surface area contributed by atoms with Crippen LogP contribution in [0, 0.1) is 11.6 Å². The summed E-state index contributed by atoms with van der Waals surface area (Å²) in [6.07, 6.45) is 0. The summed E-state index contributed by atoms with van der Waals surface area (Å²) < 4.78 is 31.4. The molecule has 0 aliphatic carbocycles. The summed E-state index contributed by atoms with van der Waals surface area (Å²) in [7, 11) is 0. The number of benzene rings is 1. The summed E-state index contributed by atoms with van der Waals surface area (Å²) >= 11 is 0. The Hall–Kier alpha value is -2.17. The highest BCUT2D eigenvalue weighted by atomic mass is 19.1. The van der Waals surface area contributed by atoms with Gasteiger partial charge in [0.05, 0.1) is 0 Å². The van der Waals surface area contributed by atoms with E-state index in [1.165, 1.54) is 6.07 Å². The SMILES string of the molecule is CCNc1cccc(Oc2ccc(F)cc2F)n1. The van der Waals surface area contributed by atoms with Gasteiger partial charge in [0.25, 0.3) is 0 Å². The van der Waals surface area contributed by atoms with Gasteiger partial charge >= 0.3 is 0 Å². The molecule has 94 valence electrons. The lowest BCUT2D eigenvalue weighted by Gasteiger charge is -2.07. The van der Waals surface area contributed by atoms with Crippen molar-refractivity contribution in [3.63, 3.8) is 0 Å². The van der Waals surface area contributed by atoms with Crippen molar-refractivity contribution in [1.29, 1.82) is 0 Å². The molecule has 1 aromatic carbocycles. The first-order valence-electron chi connectivity index (χ1n) is 5.53. The highest BCUT2D eigenvalue weighted by Gasteiger charge is 2.07. The van der Waals surface area contributed by atoms with Crippen LogP contribution < -0.4 is 10.1 Å². The van der Waals surface area contributed by atoms with E-state index in [0.717, 1.165) is 18.7 Å². The van der Waals surface area contributed by atoms with Gasteiger partial charge in [-0.05, 0) is 25.1 Å². The monoisotopic (exact) mass is 250 g/mol. The van der Waals surface area contributed by atoms with Crippen LogP contribution in [0.4, 0.5) is 14.6 Å². The van der Waals surface area contributed by atoms with E-state index in [4.69, 9.17) is 4.74 Å². The lowest BCUT2D eigenvalue weighted by Crippen LogP contribution is -2.00. The molecule has 0 amide bonds. The summed E-state index contributed by atoms with van der Waals surface area (Å²) in [6.45, 7) is 2.66. The second kappa shape index (κ2) is 5.44. The van der Waals surface area contributed by atoms with Crippen LogP contribution in [0.3, 0.4) is 0 Å². The first-order chi connectivity index (χ1) is 8.69. The summed E-state index contributed by atoms with van der Waals surface area (Å²) in [4.78, 5) is 4.13. The van der Waals surface area contributed by atoms with Gasteiger partial charge in [-0.25, -0.2) is 8.78 Å². The van der Waals surface area contributed by atoms with Crippen molar-refractivity contribution in [3.8, 4) is 11.6 Å². The highest BCUT2D eigenvalue weighted by molar-refractivity contribution is 5.38. The quantitative estimate of drug-likeness (QED) is 0.900. The third-order valence-corrected chi connectivity index (χ3v) is 2.19. The van der Waals surface area contributed by atoms with Crippen LogP contribution in [0.2, 0.25) is 0 Å². The molecule has 0 spiro atoms. The molecule has 0 aliphatic rings. The average Bonchev–Trinajstić information content (AvgIpc) is 2.34. The van der Waals surface area contributed by atoms with E-state index < -0.39 is 11.6 Å². The molecule has 1 heterocycles. The zero-order chi connectivity index (χ0) is 13.0. The normalized spacial score (nSPS) is 10.2. The molecule has 18 heavy (non-hydrogen) atoms. The summed E-state index contributed by atoms with van der Waals surface area (Å²) in [5.41, 5.74) is 0. The van der Waals surface area contributed by atoms with E-state index in [1.54, 1.807) is 18.2 Å². The fraction of sp³-hybridized carbons (Fsp3) is 0.154. The molecule has 0 fully saturated rings. The molecule has 0 unspecified atom stereocenters. The number of ether oxygens (including phenoxy) is 1. The number of hydrogen-bond donors (Lipinski definition) is 1. The van der Waals surface area contributed by atoms with E-state index in [1.807, 2.05) is 6.92 Å². The molecule has 2 rings (SSSR count). The van der Waals surface area contributed by atoms with Gasteiger partial charge in [-0.15, -0.1) is 0 Å². The Bertz CT molecular complexity index is 546. The molecule has 0 atom stereocenters. The maximum absolute atomic E-state index is 13.4. The van der Waals surface area contributed by atoms with Crippen molar-refractivity contribution < 1.29 is 13.5 Å². The van der Waals surface area contributed by atoms with Gasteiger partial charge in [-0.1, -0.05) is 6.07 Å². The maximum Gasteiger partial charge on any atom is 0.221 e. The Morgan fingerprint density at radius 3 is 2.78 bits per heavy atom. The number of hydrogen-bond acceptors (Lipinski definition) is 3. The number of anilines is 1. The standard InChI is InChI=1S/C13H12F2N2O/c1-2-16-12-4-3-5-13(17-12)18-11-7-6-9(14)8-10(11)15/h3-8H,2H2,1H3,(H,16,17). The topological polar surface area (TPSA) is 34.1 Å². The maximum atomic E-state index is 13.4. The average molecular weight is 250 g/mol. The van der Waals surface area contributed by atoms with Gasteiger partial charge in [0, 0.05) is 18.7 Å². The molecule has 0 saturated heterocycles. The zero-order valence-corrected chi connectivity index (χ0v) is 9.78. The van der Waals surface area contributed by atoms with Crippen LogP contribution in [0.1, 0.15) is 6.92 Å². The van der Waals surface area contributed by atoms with Crippen molar-refractivity contribution >= 4 is 5.82 Å². The fourth-order valence-corrected chi connectivity index (χ4v) is 1.42. The second-order valence-electron chi connectivity index (χ2n) is 3.57. The minimum Gasteiger partial charge on any atom is -0.436 e. The lowest BCUT2D eigenvalue weighted by molar-refractivity contribution is 0.424. The third kappa shape index (κ3) is 2.94. The van der Waals surface area contributed by atoms with Gasteiger partial charge in [-0.3, -0.25) is 0 Å². The molecule has 1 N–H and O–H groups in total. The van der Waals surface area contributed by atoms with Crippen LogP contribution in [-0.4, -0.2) is 11.5 Å². The van der Waals surface area contributed by atoms with Crippen molar-refractivity contribution in [2.45, 2.75) is 6.92 Å². The Morgan fingerprint density at radius 1 is 1.22 bits per heavy atom. The summed E-state index contributed by atoms with van der Waals surface area (Å²) in [5, 5.41) is 3.01. The van der Waals surface area contributed by atoms with Crippen LogP contribution in [0.25, 0.3) is 0 Å². The first kappa shape index (κ1) is 12.3. The Kier molecular flexibility index (Phi) is 3.72. The van der Waals surface area contributed by atoms with E-state index >= 15 is 0 Å². The number of nitrogens with one attached hydrogen (secondary N) is 1. The summed E-state index contributed by atoms with van der Waals surface area (Å²) in [5.74, 6) is -0.575. The molecule has 5 heteroatoms. The second-order valence-corrected chi connectivity index (χ2v) is 3.57. The molecule has 0 radical (unpaired) electrons. The zero-order valence-electron chi connectivity index (χ0n) is 9.78. The van der Waals surface area contributed by atoms with Crippen LogP contribution >= 0.6 is 0 Å². The molecule has 2 aromatic rings.